The maximum atomic E-state index is 6.35. The number of aromatic nitrogens is 6. The summed E-state index contributed by atoms with van der Waals surface area (Å²) in [4.78, 5) is 28.8. The maximum absolute atomic E-state index is 6.35. The molecule has 8 aromatic rings. The number of hydrogen-bond acceptors (Lipinski definition) is 10. The van der Waals surface area contributed by atoms with Crippen LogP contribution in [0.5, 0.6) is 11.5 Å². The number of halogens is 3. The third-order valence-electron chi connectivity index (χ3n) is 15.4. The van der Waals surface area contributed by atoms with Gasteiger partial charge in [-0.3, -0.25) is 19.8 Å². The minimum Gasteiger partial charge on any atom is -1.00 e. The fourth-order valence-electron chi connectivity index (χ4n) is 11.0. The molecule has 0 spiro atoms. The van der Waals surface area contributed by atoms with Gasteiger partial charge in [-0.25, -0.2) is 9.97 Å². The van der Waals surface area contributed by atoms with Gasteiger partial charge in [0.1, 0.15) is 41.5 Å². The number of para-hydroxylation sites is 2. The fourth-order valence-corrected chi connectivity index (χ4v) is 13.6. The van der Waals surface area contributed by atoms with Crippen LogP contribution in [0.15, 0.2) is 131 Å². The Morgan fingerprint density at radius 3 is 1.60 bits per heavy atom. The number of nitrogens with one attached hydrogen (secondary N) is 1. The molecule has 450 valence electrons. The number of nitrogens with zero attached hydrogens (tertiary/aromatic N) is 7. The van der Waals surface area contributed by atoms with Crippen LogP contribution in [0.2, 0.25) is 51.4 Å². The number of ether oxygens (including phenoxy) is 4. The Morgan fingerprint density at radius 1 is 0.607 bits per heavy atom. The number of piperidine rings is 2. The third-order valence-corrected chi connectivity index (χ3v) is 20.3. The monoisotopic (exact) mass is 1330 g/mol. The van der Waals surface area contributed by atoms with E-state index in [9.17, 15) is 0 Å². The molecular formula is C66H92Br2ClN8NaO4Si2. The van der Waals surface area contributed by atoms with Crippen molar-refractivity contribution >= 4 is 81.7 Å². The zero-order chi connectivity index (χ0) is 57.7. The number of pyridine rings is 2. The van der Waals surface area contributed by atoms with Crippen molar-refractivity contribution in [1.29, 1.82) is 0 Å². The van der Waals surface area contributed by atoms with Crippen molar-refractivity contribution in [3.8, 4) is 11.5 Å². The summed E-state index contributed by atoms with van der Waals surface area (Å²) in [6, 6.07) is 41.1. The number of fused-ring (bicyclic) bond motifs is 2. The van der Waals surface area contributed by atoms with Crippen LogP contribution in [0.1, 0.15) is 124 Å². The topological polar surface area (TPSA) is 116 Å². The molecule has 10 rings (SSSR count). The molecule has 0 unspecified atom stereocenters. The zero-order valence-corrected chi connectivity index (χ0v) is 58.1. The van der Waals surface area contributed by atoms with E-state index in [2.05, 4.69) is 165 Å². The number of likely N-dealkylation sites (tertiary alicyclic amines) is 2. The number of H-pyrrole nitrogens is 1. The van der Waals surface area contributed by atoms with Crippen LogP contribution in [0.3, 0.4) is 0 Å². The first-order valence-electron chi connectivity index (χ1n) is 28.6. The van der Waals surface area contributed by atoms with Gasteiger partial charge in [-0.05, 0) is 179 Å². The van der Waals surface area contributed by atoms with Gasteiger partial charge in [0.25, 0.3) is 0 Å². The fraction of sp³-hybridized carbons (Fsp3) is 0.455. The van der Waals surface area contributed by atoms with Gasteiger partial charge in [0.15, 0.2) is 0 Å². The minimum absolute atomic E-state index is 0. The molecular weight excluding hydrogens is 1240 g/mol. The first-order chi connectivity index (χ1) is 38.9. The largest absolute Gasteiger partial charge is 1.00 e. The molecule has 18 heteroatoms. The number of benzene rings is 4. The van der Waals surface area contributed by atoms with E-state index in [0.717, 1.165) is 131 Å². The van der Waals surface area contributed by atoms with Crippen LogP contribution >= 0.6 is 43.5 Å². The second-order valence-electron chi connectivity index (χ2n) is 23.8. The number of methoxy groups -OCH3 is 2. The molecule has 1 N–H and O–H groups in total. The Hall–Kier alpha value is -3.76. The summed E-state index contributed by atoms with van der Waals surface area (Å²) in [5.41, 5.74) is 11.5. The Morgan fingerprint density at radius 2 is 1.10 bits per heavy atom. The second kappa shape index (κ2) is 33.6. The molecule has 2 saturated heterocycles. The molecule has 0 radical (unpaired) electrons. The zero-order valence-electron chi connectivity index (χ0n) is 51.2. The summed E-state index contributed by atoms with van der Waals surface area (Å²) < 4.78 is 26.5. The first kappa shape index (κ1) is 71.0. The molecule has 2 aliphatic heterocycles. The molecule has 84 heavy (non-hydrogen) atoms. The number of alkyl halides is 1. The maximum Gasteiger partial charge on any atom is 1.00 e. The standard InChI is InChI=1S/C32H41BrN4O2Si.C26H27BrN4O.C6H15ClOSi.2CH4.Na.H/c1-23-9-8-18-34-30(23)28-12-7-13-29(36(28)21-24-14-16-25(38-2)17-15-24)32-35-27-11-6-10-26(33)31(27)37(32)22-39-19-20-40(3,4)5;1-17-6-5-15-28-24(17)22-9-4-10-23(26-29-21-8-3-7-20(27)25(21)30-26)31(22)16-18-11-13-19(32-2)14-12-18;1-9(2,3)5-4-8-6-7;;;;/h6,8-11,14-18,28-29H,7,12-13,19-22H2,1-5H3;3,5-8,11-15,22-23H,4,9-10,16H2,1-2H3,(H,29,30);4-6H2,1-3H3;2*1H4;;/q;;;;;+1;-1/t28-,29+;22-,23+;;;;;/m00...../s1. The third kappa shape index (κ3) is 19.1. The molecule has 0 bridgehead atoms. The van der Waals surface area contributed by atoms with Crippen LogP contribution in [0.25, 0.3) is 22.1 Å². The van der Waals surface area contributed by atoms with Gasteiger partial charge < -0.3 is 29.9 Å². The van der Waals surface area contributed by atoms with Gasteiger partial charge >= 0.3 is 29.6 Å². The minimum atomic E-state index is -1.19. The predicted octanol–water partition coefficient (Wildman–Crippen LogP) is 15.7. The van der Waals surface area contributed by atoms with Gasteiger partial charge in [0, 0.05) is 63.8 Å². The van der Waals surface area contributed by atoms with Crippen LogP contribution in [-0.2, 0) is 29.3 Å². The first-order valence-corrected chi connectivity index (χ1v) is 38.1. The number of rotatable bonds is 19. The molecule has 4 aromatic heterocycles. The predicted molar refractivity (Wildman–Crippen MR) is 358 cm³/mol. The van der Waals surface area contributed by atoms with E-state index in [0.29, 0.717) is 12.8 Å². The molecule has 2 fully saturated rings. The summed E-state index contributed by atoms with van der Waals surface area (Å²) in [6.45, 7) is 22.2. The van der Waals surface area contributed by atoms with E-state index in [-0.39, 0.29) is 70.0 Å². The van der Waals surface area contributed by atoms with Gasteiger partial charge in [-0.2, -0.15) is 0 Å². The molecule has 0 amide bonds. The van der Waals surface area contributed by atoms with E-state index < -0.39 is 16.1 Å². The second-order valence-corrected chi connectivity index (χ2v) is 37.0. The Labute approximate surface area is 549 Å². The normalized spacial score (nSPS) is 17.4. The Kier molecular flexibility index (Phi) is 28.4. The van der Waals surface area contributed by atoms with E-state index in [1.807, 2.05) is 60.9 Å². The number of hydrogen-bond donors (Lipinski definition) is 1. The van der Waals surface area contributed by atoms with E-state index in [4.69, 9.17) is 50.5 Å². The average Bonchev–Trinajstić information content (AvgIpc) is 2.06. The Bertz CT molecular complexity index is 3280. The van der Waals surface area contributed by atoms with E-state index in [1.54, 1.807) is 14.2 Å². The summed E-state index contributed by atoms with van der Waals surface area (Å²) in [7, 11) is 1.35. The van der Waals surface area contributed by atoms with Gasteiger partial charge in [-0.15, -0.1) is 0 Å². The summed E-state index contributed by atoms with van der Waals surface area (Å²) in [5, 5.41) is 0. The van der Waals surface area contributed by atoms with Crippen LogP contribution < -0.4 is 39.0 Å². The van der Waals surface area contributed by atoms with Crippen molar-refractivity contribution < 1.29 is 49.9 Å². The summed E-state index contributed by atoms with van der Waals surface area (Å²) >= 11 is 12.8. The smallest absolute Gasteiger partial charge is 1.00 e. The van der Waals surface area contributed by atoms with Crippen molar-refractivity contribution in [2.75, 3.05) is 33.5 Å². The summed E-state index contributed by atoms with van der Waals surface area (Å²) in [5.74, 6) is 3.85. The number of imidazole rings is 2. The molecule has 2 aliphatic rings. The van der Waals surface area contributed by atoms with Gasteiger partial charge in [-0.1, -0.05) is 114 Å². The van der Waals surface area contributed by atoms with E-state index >= 15 is 0 Å². The van der Waals surface area contributed by atoms with Crippen molar-refractivity contribution in [2.45, 2.75) is 163 Å². The van der Waals surface area contributed by atoms with Crippen LogP contribution in [0, 0.1) is 13.8 Å². The molecule has 4 atom stereocenters. The van der Waals surface area contributed by atoms with Crippen LogP contribution in [-0.4, -0.2) is 88.9 Å². The summed E-state index contributed by atoms with van der Waals surface area (Å²) in [6.07, 6.45) is 10.4. The van der Waals surface area contributed by atoms with Crippen molar-refractivity contribution in [3.05, 3.63) is 176 Å². The molecule has 6 heterocycles. The average molecular weight is 1340 g/mol. The Balaban J connectivity index is 0.000000310. The van der Waals surface area contributed by atoms with Crippen LogP contribution in [0.4, 0.5) is 0 Å². The molecule has 0 saturated carbocycles. The number of aromatic amines is 1. The molecule has 0 aliphatic carbocycles. The van der Waals surface area contributed by atoms with Crippen molar-refractivity contribution in [2.24, 2.45) is 0 Å². The van der Waals surface area contributed by atoms with Crippen molar-refractivity contribution in [1.82, 2.24) is 39.3 Å². The number of aryl methyl sites for hydroxylation is 2. The van der Waals surface area contributed by atoms with E-state index in [1.165, 1.54) is 34.0 Å². The quantitative estimate of drug-likeness (QED) is 0.0477. The van der Waals surface area contributed by atoms with Crippen molar-refractivity contribution in [3.63, 3.8) is 0 Å². The SMILES string of the molecule is C.C.COc1ccc(CN2[C@@H](c3nc4c(Br)cccc4[nH]3)CCC[C@H]2c2ncccc2C)cc1.COc1ccc(CN2[C@@H](c3nc4cccc(Br)c4n3COCC[Si](C)(C)C)CCC[C@H]2c2ncccc2C)cc1.C[Si](C)(C)CCOCCl.[H-].[Na+]. The molecule has 4 aromatic carbocycles. The van der Waals surface area contributed by atoms with Gasteiger partial charge in [0.2, 0.25) is 0 Å². The van der Waals surface area contributed by atoms with Gasteiger partial charge in [0.05, 0.1) is 66.3 Å². The molecule has 12 nitrogen and oxygen atoms in total.